The van der Waals surface area contributed by atoms with Crippen LogP contribution in [-0.4, -0.2) is 29.0 Å². The molecule has 0 aliphatic heterocycles. The van der Waals surface area contributed by atoms with Gasteiger partial charge >= 0.3 is 0 Å². The van der Waals surface area contributed by atoms with E-state index in [0.29, 0.717) is 6.04 Å². The quantitative estimate of drug-likeness (QED) is 0.483. The standard InChI is InChI=1S/C11H26NO.ClH/c1-5-8-11(4)12(13,9-6-2)10-7-3;/h11,13H,5-10H2,1-4H3;1H/q+1;/p-1. The number of hydrogen-bond donors (Lipinski definition) is 1. The summed E-state index contributed by atoms with van der Waals surface area (Å²) in [5.41, 5.74) is 0. The van der Waals surface area contributed by atoms with Crippen LogP contribution in [0.25, 0.3) is 0 Å². The Labute approximate surface area is 95.3 Å². The molecular weight excluding hydrogens is 198 g/mol. The Bertz CT molecular complexity index is 124. The Balaban J connectivity index is 0. The van der Waals surface area contributed by atoms with Crippen molar-refractivity contribution < 1.29 is 22.3 Å². The van der Waals surface area contributed by atoms with Crippen molar-refractivity contribution in [2.45, 2.75) is 59.4 Å². The molecule has 0 fully saturated rings. The number of hydrogen-bond acceptors (Lipinski definition) is 1. The van der Waals surface area contributed by atoms with Crippen molar-refractivity contribution in [3.63, 3.8) is 0 Å². The highest BCUT2D eigenvalue weighted by molar-refractivity contribution is 4.49. The normalized spacial score (nSPS) is 13.5. The van der Waals surface area contributed by atoms with Crippen LogP contribution in [0.4, 0.5) is 0 Å². The third-order valence-corrected chi connectivity index (χ3v) is 2.75. The highest BCUT2D eigenvalue weighted by Gasteiger charge is 2.30. The summed E-state index contributed by atoms with van der Waals surface area (Å²) < 4.78 is 0.279. The molecule has 88 valence electrons. The maximum atomic E-state index is 10.3. The molecule has 0 radical (unpaired) electrons. The highest BCUT2D eigenvalue weighted by atomic mass is 35.5. The molecule has 0 aromatic heterocycles. The van der Waals surface area contributed by atoms with Crippen LogP contribution in [0.1, 0.15) is 53.4 Å². The minimum absolute atomic E-state index is 0. The predicted molar refractivity (Wildman–Crippen MR) is 56.7 cm³/mol. The minimum atomic E-state index is 0. The molecule has 0 amide bonds. The fourth-order valence-electron chi connectivity index (χ4n) is 1.99. The molecule has 0 aliphatic rings. The van der Waals surface area contributed by atoms with Crippen molar-refractivity contribution in [3.05, 3.63) is 0 Å². The third-order valence-electron chi connectivity index (χ3n) is 2.75. The zero-order valence-electron chi connectivity index (χ0n) is 10.1. The van der Waals surface area contributed by atoms with Gasteiger partial charge in [0.15, 0.2) is 0 Å². The molecular formula is C11H26ClNO. The van der Waals surface area contributed by atoms with Crippen LogP contribution in [0.3, 0.4) is 0 Å². The number of halogens is 1. The van der Waals surface area contributed by atoms with E-state index in [-0.39, 0.29) is 17.1 Å². The van der Waals surface area contributed by atoms with Crippen molar-refractivity contribution in [1.29, 1.82) is 0 Å². The van der Waals surface area contributed by atoms with Gasteiger partial charge in [-0.3, -0.25) is 0 Å². The zero-order valence-corrected chi connectivity index (χ0v) is 10.8. The first-order valence-electron chi connectivity index (χ1n) is 5.70. The monoisotopic (exact) mass is 223 g/mol. The number of rotatable bonds is 7. The van der Waals surface area contributed by atoms with Crippen molar-refractivity contribution in [3.8, 4) is 0 Å². The van der Waals surface area contributed by atoms with Gasteiger partial charge in [-0.15, -0.1) is 0 Å². The second-order valence-electron chi connectivity index (χ2n) is 4.07. The van der Waals surface area contributed by atoms with E-state index in [1.807, 2.05) is 0 Å². The van der Waals surface area contributed by atoms with Crippen molar-refractivity contribution in [2.24, 2.45) is 0 Å². The summed E-state index contributed by atoms with van der Waals surface area (Å²) in [5.74, 6) is 0. The number of hydroxylamine groups is 3. The topological polar surface area (TPSA) is 20.2 Å². The van der Waals surface area contributed by atoms with Crippen LogP contribution in [0.2, 0.25) is 0 Å². The van der Waals surface area contributed by atoms with Gasteiger partial charge in [0.05, 0.1) is 0 Å². The second kappa shape index (κ2) is 8.51. The van der Waals surface area contributed by atoms with Gasteiger partial charge in [-0.05, 0) is 19.8 Å². The minimum Gasteiger partial charge on any atom is -1.00 e. The summed E-state index contributed by atoms with van der Waals surface area (Å²) >= 11 is 0. The first kappa shape index (κ1) is 16.6. The van der Waals surface area contributed by atoms with E-state index in [0.717, 1.165) is 38.8 Å². The fourth-order valence-corrected chi connectivity index (χ4v) is 1.99. The van der Waals surface area contributed by atoms with Gasteiger partial charge in [-0.1, -0.05) is 27.2 Å². The van der Waals surface area contributed by atoms with Gasteiger partial charge in [0.1, 0.15) is 19.1 Å². The van der Waals surface area contributed by atoms with Crippen LogP contribution >= 0.6 is 0 Å². The molecule has 0 saturated heterocycles. The summed E-state index contributed by atoms with van der Waals surface area (Å²) in [6.07, 6.45) is 4.40. The molecule has 0 saturated carbocycles. The van der Waals surface area contributed by atoms with Gasteiger partial charge in [0.25, 0.3) is 0 Å². The van der Waals surface area contributed by atoms with E-state index in [1.165, 1.54) is 0 Å². The van der Waals surface area contributed by atoms with Gasteiger partial charge < -0.3 is 12.4 Å². The first-order chi connectivity index (χ1) is 6.10. The number of nitrogens with zero attached hydrogens (tertiary/aromatic N) is 1. The van der Waals surface area contributed by atoms with Crippen LogP contribution in [-0.2, 0) is 0 Å². The molecule has 3 heteroatoms. The molecule has 2 nitrogen and oxygen atoms in total. The number of quaternary nitrogens is 1. The summed E-state index contributed by atoms with van der Waals surface area (Å²) in [7, 11) is 0. The van der Waals surface area contributed by atoms with E-state index in [1.54, 1.807) is 0 Å². The molecule has 0 aromatic carbocycles. The molecule has 1 unspecified atom stereocenters. The lowest BCUT2D eigenvalue weighted by molar-refractivity contribution is -1.12. The van der Waals surface area contributed by atoms with Crippen molar-refractivity contribution in [2.75, 3.05) is 13.1 Å². The zero-order chi connectivity index (χ0) is 10.3. The lowest BCUT2D eigenvalue weighted by Gasteiger charge is -2.35. The SMILES string of the molecule is CCCC(C)[N+](O)(CCC)CCC.[Cl-]. The lowest BCUT2D eigenvalue weighted by Crippen LogP contribution is -3.00. The molecule has 1 atom stereocenters. The van der Waals surface area contributed by atoms with E-state index in [2.05, 4.69) is 27.7 Å². The van der Waals surface area contributed by atoms with Crippen LogP contribution in [0, 0.1) is 0 Å². The second-order valence-corrected chi connectivity index (χ2v) is 4.07. The van der Waals surface area contributed by atoms with E-state index in [4.69, 9.17) is 0 Å². The highest BCUT2D eigenvalue weighted by Crippen LogP contribution is 2.16. The summed E-state index contributed by atoms with van der Waals surface area (Å²) in [6.45, 7) is 10.4. The molecule has 0 bridgehead atoms. The average molecular weight is 224 g/mol. The first-order valence-corrected chi connectivity index (χ1v) is 5.70. The Kier molecular flexibility index (Phi) is 10.1. The molecule has 1 N–H and O–H groups in total. The fraction of sp³-hybridized carbons (Fsp3) is 1.00. The van der Waals surface area contributed by atoms with Gasteiger partial charge in [-0.25, -0.2) is 5.21 Å². The van der Waals surface area contributed by atoms with Gasteiger partial charge in [-0.2, -0.15) is 4.65 Å². The maximum Gasteiger partial charge on any atom is 0.116 e. The third kappa shape index (κ3) is 5.18. The largest absolute Gasteiger partial charge is 1.00 e. The summed E-state index contributed by atoms with van der Waals surface area (Å²) in [5, 5.41) is 10.3. The van der Waals surface area contributed by atoms with Crippen LogP contribution in [0.5, 0.6) is 0 Å². The Morgan fingerprint density at radius 3 is 1.71 bits per heavy atom. The molecule has 14 heavy (non-hydrogen) atoms. The Morgan fingerprint density at radius 1 is 1.00 bits per heavy atom. The van der Waals surface area contributed by atoms with Crippen LogP contribution < -0.4 is 12.4 Å². The van der Waals surface area contributed by atoms with E-state index < -0.39 is 0 Å². The molecule has 0 aromatic rings. The average Bonchev–Trinajstić information content (AvgIpc) is 2.05. The van der Waals surface area contributed by atoms with E-state index in [9.17, 15) is 5.21 Å². The van der Waals surface area contributed by atoms with E-state index >= 15 is 0 Å². The van der Waals surface area contributed by atoms with Crippen molar-refractivity contribution >= 4 is 0 Å². The maximum absolute atomic E-state index is 10.3. The Morgan fingerprint density at radius 2 is 1.43 bits per heavy atom. The summed E-state index contributed by atoms with van der Waals surface area (Å²) in [6, 6.07) is 0.393. The predicted octanol–water partition coefficient (Wildman–Crippen LogP) is 0.205. The van der Waals surface area contributed by atoms with Gasteiger partial charge in [0.2, 0.25) is 0 Å². The molecule has 0 heterocycles. The molecule has 0 spiro atoms. The molecule has 0 aliphatic carbocycles. The Hall–Kier alpha value is 0.210. The van der Waals surface area contributed by atoms with Crippen molar-refractivity contribution in [1.82, 2.24) is 0 Å². The van der Waals surface area contributed by atoms with Gasteiger partial charge in [0, 0.05) is 6.42 Å². The van der Waals surface area contributed by atoms with Crippen LogP contribution in [0.15, 0.2) is 0 Å². The lowest BCUT2D eigenvalue weighted by atomic mass is 10.1. The summed E-state index contributed by atoms with van der Waals surface area (Å²) in [4.78, 5) is 0. The smallest absolute Gasteiger partial charge is 0.116 e. The molecule has 0 rings (SSSR count).